The molecule has 0 bridgehead atoms. The van der Waals surface area contributed by atoms with Gasteiger partial charge in [0.2, 0.25) is 0 Å². The molecule has 0 aliphatic heterocycles. The third-order valence-electron chi connectivity index (χ3n) is 4.58. The van der Waals surface area contributed by atoms with Crippen molar-refractivity contribution >= 4 is 33.4 Å². The first kappa shape index (κ1) is 16.3. The van der Waals surface area contributed by atoms with Crippen LogP contribution >= 0.6 is 0 Å². The quantitative estimate of drug-likeness (QED) is 0.456. The lowest BCUT2D eigenvalue weighted by molar-refractivity contribution is 0.509. The molecule has 0 fully saturated rings. The van der Waals surface area contributed by atoms with Gasteiger partial charge in [-0.15, -0.1) is 0 Å². The van der Waals surface area contributed by atoms with Crippen LogP contribution in [0.2, 0.25) is 0 Å². The Morgan fingerprint density at radius 3 is 2.68 bits per heavy atom. The molecule has 0 aliphatic carbocycles. The maximum absolute atomic E-state index is 13.5. The predicted molar refractivity (Wildman–Crippen MR) is 104 cm³/mol. The Balaban J connectivity index is 1.62. The molecule has 5 nitrogen and oxygen atoms in total. The molecule has 28 heavy (non-hydrogen) atoms. The molecule has 2 aromatic carbocycles. The number of rotatable bonds is 3. The summed E-state index contributed by atoms with van der Waals surface area (Å²) in [7, 11) is 0. The molecule has 136 valence electrons. The van der Waals surface area contributed by atoms with Crippen LogP contribution in [0.3, 0.4) is 0 Å². The van der Waals surface area contributed by atoms with Gasteiger partial charge in [-0.1, -0.05) is 6.07 Å². The van der Waals surface area contributed by atoms with E-state index in [1.165, 1.54) is 12.4 Å². The van der Waals surface area contributed by atoms with Gasteiger partial charge in [0.25, 0.3) is 0 Å². The van der Waals surface area contributed by atoms with Gasteiger partial charge in [0.15, 0.2) is 11.6 Å². The topological polar surface area (TPSA) is 66.5 Å². The van der Waals surface area contributed by atoms with E-state index in [-0.39, 0.29) is 0 Å². The molecule has 0 spiro atoms. The molecule has 5 aromatic rings. The molecule has 3 aromatic heterocycles. The predicted octanol–water partition coefficient (Wildman–Crippen LogP) is 5.19. The monoisotopic (exact) mass is 373 g/mol. The van der Waals surface area contributed by atoms with E-state index in [2.05, 4.69) is 25.3 Å². The first-order chi connectivity index (χ1) is 13.7. The van der Waals surface area contributed by atoms with E-state index in [9.17, 15) is 8.78 Å². The standard InChI is InChI=1S/C21H13F2N5/c22-17-5-4-13(9-18(17)23)28-21-15-8-12(3-6-19(15)26-11-27-21)16-10-25-20-14(16)2-1-7-24-20/h1-11H,(H,24,25)(H,26,27,28). The van der Waals surface area contributed by atoms with Gasteiger partial charge in [-0.05, 0) is 42.0 Å². The summed E-state index contributed by atoms with van der Waals surface area (Å²) >= 11 is 0. The number of benzene rings is 2. The lowest BCUT2D eigenvalue weighted by Gasteiger charge is -2.10. The van der Waals surface area contributed by atoms with E-state index in [4.69, 9.17) is 0 Å². The molecular formula is C21H13F2N5. The Morgan fingerprint density at radius 1 is 0.857 bits per heavy atom. The molecule has 7 heteroatoms. The van der Waals surface area contributed by atoms with Crippen LogP contribution in [0, 0.1) is 11.6 Å². The van der Waals surface area contributed by atoms with Crippen molar-refractivity contribution in [1.82, 2.24) is 19.9 Å². The molecule has 0 saturated carbocycles. The van der Waals surface area contributed by atoms with Crippen LogP contribution in [0.4, 0.5) is 20.3 Å². The van der Waals surface area contributed by atoms with Crippen molar-refractivity contribution in [3.05, 3.63) is 78.9 Å². The van der Waals surface area contributed by atoms with Crippen molar-refractivity contribution < 1.29 is 8.78 Å². The van der Waals surface area contributed by atoms with Crippen LogP contribution in [0.15, 0.2) is 67.3 Å². The number of fused-ring (bicyclic) bond motifs is 2. The number of nitrogens with one attached hydrogen (secondary N) is 2. The lowest BCUT2D eigenvalue weighted by atomic mass is 10.0. The van der Waals surface area contributed by atoms with Crippen molar-refractivity contribution in [2.45, 2.75) is 0 Å². The highest BCUT2D eigenvalue weighted by Crippen LogP contribution is 2.32. The molecule has 2 N–H and O–H groups in total. The lowest BCUT2D eigenvalue weighted by Crippen LogP contribution is -1.97. The van der Waals surface area contributed by atoms with Gasteiger partial charge in [0.1, 0.15) is 17.8 Å². The van der Waals surface area contributed by atoms with Crippen LogP contribution in [-0.4, -0.2) is 19.9 Å². The average molecular weight is 373 g/mol. The molecule has 0 unspecified atom stereocenters. The number of pyridine rings is 1. The first-order valence-corrected chi connectivity index (χ1v) is 8.58. The second kappa shape index (κ2) is 6.38. The fraction of sp³-hybridized carbons (Fsp3) is 0. The maximum atomic E-state index is 13.5. The number of aromatic amines is 1. The Labute approximate surface area is 158 Å². The molecule has 0 saturated heterocycles. The minimum atomic E-state index is -0.921. The number of H-pyrrole nitrogens is 1. The van der Waals surface area contributed by atoms with Crippen molar-refractivity contribution in [2.75, 3.05) is 5.32 Å². The van der Waals surface area contributed by atoms with Gasteiger partial charge in [-0.2, -0.15) is 0 Å². The van der Waals surface area contributed by atoms with Gasteiger partial charge in [0, 0.05) is 40.5 Å². The van der Waals surface area contributed by atoms with Gasteiger partial charge < -0.3 is 10.3 Å². The van der Waals surface area contributed by atoms with Crippen LogP contribution in [0.5, 0.6) is 0 Å². The van der Waals surface area contributed by atoms with Gasteiger partial charge in [0.05, 0.1) is 5.52 Å². The Bertz CT molecular complexity index is 1330. The summed E-state index contributed by atoms with van der Waals surface area (Å²) in [4.78, 5) is 16.1. The maximum Gasteiger partial charge on any atom is 0.160 e. The van der Waals surface area contributed by atoms with Gasteiger partial charge in [-0.3, -0.25) is 0 Å². The summed E-state index contributed by atoms with van der Waals surface area (Å²) in [5.41, 5.74) is 3.92. The van der Waals surface area contributed by atoms with Crippen LogP contribution in [0.25, 0.3) is 33.1 Å². The summed E-state index contributed by atoms with van der Waals surface area (Å²) in [6, 6.07) is 13.4. The molecule has 3 heterocycles. The number of nitrogens with zero attached hydrogens (tertiary/aromatic N) is 3. The molecule has 0 aliphatic rings. The second-order valence-electron chi connectivity index (χ2n) is 6.31. The fourth-order valence-electron chi connectivity index (χ4n) is 3.23. The SMILES string of the molecule is Fc1ccc(Nc2ncnc3ccc(-c4c[nH]c5ncccc45)cc23)cc1F. The van der Waals surface area contributed by atoms with Crippen LogP contribution in [-0.2, 0) is 0 Å². The Morgan fingerprint density at radius 2 is 1.79 bits per heavy atom. The zero-order valence-electron chi connectivity index (χ0n) is 14.4. The van der Waals surface area contributed by atoms with Crippen molar-refractivity contribution in [3.63, 3.8) is 0 Å². The first-order valence-electron chi connectivity index (χ1n) is 8.58. The smallest absolute Gasteiger partial charge is 0.160 e. The summed E-state index contributed by atoms with van der Waals surface area (Å²) < 4.78 is 26.7. The van der Waals surface area contributed by atoms with E-state index in [0.717, 1.165) is 45.2 Å². The molecule has 0 amide bonds. The van der Waals surface area contributed by atoms with Gasteiger partial charge >= 0.3 is 0 Å². The molecule has 0 atom stereocenters. The molecular weight excluding hydrogens is 360 g/mol. The van der Waals surface area contributed by atoms with Crippen molar-refractivity contribution in [2.24, 2.45) is 0 Å². The van der Waals surface area contributed by atoms with Crippen LogP contribution in [0.1, 0.15) is 0 Å². The van der Waals surface area contributed by atoms with Gasteiger partial charge in [-0.25, -0.2) is 23.7 Å². The summed E-state index contributed by atoms with van der Waals surface area (Å²) in [6.07, 6.45) is 5.08. The third kappa shape index (κ3) is 2.73. The van der Waals surface area contributed by atoms with E-state index < -0.39 is 11.6 Å². The highest BCUT2D eigenvalue weighted by molar-refractivity contribution is 5.99. The zero-order chi connectivity index (χ0) is 19.1. The second-order valence-corrected chi connectivity index (χ2v) is 6.31. The van der Waals surface area contributed by atoms with E-state index in [1.807, 2.05) is 36.5 Å². The fourth-order valence-corrected chi connectivity index (χ4v) is 3.23. The number of anilines is 2. The minimum absolute atomic E-state index is 0.403. The summed E-state index contributed by atoms with van der Waals surface area (Å²) in [5, 5.41) is 4.82. The van der Waals surface area contributed by atoms with E-state index in [0.29, 0.717) is 11.5 Å². The van der Waals surface area contributed by atoms with Crippen LogP contribution < -0.4 is 5.32 Å². The van der Waals surface area contributed by atoms with E-state index in [1.54, 1.807) is 6.20 Å². The average Bonchev–Trinajstić information content (AvgIpc) is 3.15. The summed E-state index contributed by atoms with van der Waals surface area (Å²) in [6.45, 7) is 0. The van der Waals surface area contributed by atoms with E-state index >= 15 is 0 Å². The number of aromatic nitrogens is 4. The highest BCUT2D eigenvalue weighted by atomic mass is 19.2. The minimum Gasteiger partial charge on any atom is -0.346 e. The zero-order valence-corrected chi connectivity index (χ0v) is 14.4. The number of hydrogen-bond acceptors (Lipinski definition) is 4. The largest absolute Gasteiger partial charge is 0.346 e. The Kier molecular flexibility index (Phi) is 3.72. The molecule has 0 radical (unpaired) electrons. The third-order valence-corrected chi connectivity index (χ3v) is 4.58. The number of halogens is 2. The summed E-state index contributed by atoms with van der Waals surface area (Å²) in [5.74, 6) is -1.31. The Hall–Kier alpha value is -3.87. The number of hydrogen-bond donors (Lipinski definition) is 2. The van der Waals surface area contributed by atoms with Crippen molar-refractivity contribution in [3.8, 4) is 11.1 Å². The normalized spacial score (nSPS) is 11.2. The highest BCUT2D eigenvalue weighted by Gasteiger charge is 2.11. The van der Waals surface area contributed by atoms with Crippen molar-refractivity contribution in [1.29, 1.82) is 0 Å². The molecule has 5 rings (SSSR count).